The van der Waals surface area contributed by atoms with Gasteiger partial charge in [-0.25, -0.2) is 5.43 Å². The molecule has 26 heavy (non-hydrogen) atoms. The van der Waals surface area contributed by atoms with Gasteiger partial charge in [-0.3, -0.25) is 14.9 Å². The summed E-state index contributed by atoms with van der Waals surface area (Å²) in [4.78, 5) is 22.6. The molecule has 0 saturated heterocycles. The Balaban J connectivity index is 1.85. The van der Waals surface area contributed by atoms with Crippen LogP contribution in [0, 0.1) is 10.1 Å². The van der Waals surface area contributed by atoms with E-state index in [0.717, 1.165) is 17.0 Å². The highest BCUT2D eigenvalue weighted by atomic mass is 79.9. The lowest BCUT2D eigenvalue weighted by Crippen LogP contribution is -2.17. The lowest BCUT2D eigenvalue weighted by molar-refractivity contribution is -0.385. The van der Waals surface area contributed by atoms with E-state index in [0.29, 0.717) is 10.0 Å². The molecule has 0 radical (unpaired) electrons. The topological polar surface area (TPSA) is 105 Å². The maximum Gasteiger partial charge on any atom is 0.312 e. The maximum absolute atomic E-state index is 12.4. The van der Waals surface area contributed by atoms with Crippen LogP contribution in [-0.4, -0.2) is 22.2 Å². The Labute approximate surface area is 156 Å². The van der Waals surface area contributed by atoms with E-state index in [-0.39, 0.29) is 5.56 Å². The van der Waals surface area contributed by atoms with Crippen molar-refractivity contribution in [1.82, 2.24) is 5.43 Å². The van der Waals surface area contributed by atoms with Gasteiger partial charge in [0.25, 0.3) is 5.91 Å². The number of carbonyl (C=O) groups is 1. The van der Waals surface area contributed by atoms with E-state index in [1.165, 1.54) is 12.1 Å². The van der Waals surface area contributed by atoms with Gasteiger partial charge in [-0.15, -0.1) is 0 Å². The lowest BCUT2D eigenvalue weighted by Gasteiger charge is -2.05. The van der Waals surface area contributed by atoms with Crippen molar-refractivity contribution < 1.29 is 14.8 Å². The van der Waals surface area contributed by atoms with Crippen LogP contribution in [0.5, 0.6) is 5.75 Å². The molecule has 0 atom stereocenters. The van der Waals surface area contributed by atoms with E-state index < -0.39 is 22.3 Å². The van der Waals surface area contributed by atoms with E-state index in [4.69, 9.17) is 0 Å². The average molecular weight is 414 g/mol. The van der Waals surface area contributed by atoms with Crippen molar-refractivity contribution in [2.45, 2.75) is 0 Å². The van der Waals surface area contributed by atoms with Crippen molar-refractivity contribution in [3.8, 4) is 5.75 Å². The third-order valence-electron chi connectivity index (χ3n) is 3.68. The molecular weight excluding hydrogens is 402 g/mol. The van der Waals surface area contributed by atoms with Gasteiger partial charge in [0.1, 0.15) is 0 Å². The molecule has 0 aliphatic carbocycles. The second-order valence-corrected chi connectivity index (χ2v) is 6.26. The standard InChI is InChI=1S/C18H12BrN3O4/c19-13-8-12(17(23)16(9-13)22(25)26)10-20-21-18(24)15-7-3-5-11-4-1-2-6-14(11)15/h1-10,23H,(H,21,24). The van der Waals surface area contributed by atoms with Crippen LogP contribution < -0.4 is 5.43 Å². The number of hydrogen-bond donors (Lipinski definition) is 2. The first-order chi connectivity index (χ1) is 12.5. The molecular formula is C18H12BrN3O4. The number of rotatable bonds is 4. The third kappa shape index (κ3) is 3.55. The van der Waals surface area contributed by atoms with Crippen LogP contribution in [0.25, 0.3) is 10.8 Å². The molecule has 8 heteroatoms. The molecule has 2 N–H and O–H groups in total. The minimum absolute atomic E-state index is 0.101. The first-order valence-corrected chi connectivity index (χ1v) is 8.25. The zero-order valence-corrected chi connectivity index (χ0v) is 14.8. The van der Waals surface area contributed by atoms with Gasteiger partial charge >= 0.3 is 5.69 Å². The highest BCUT2D eigenvalue weighted by Gasteiger charge is 2.17. The Morgan fingerprint density at radius 2 is 1.92 bits per heavy atom. The van der Waals surface area contributed by atoms with Gasteiger partial charge in [0.15, 0.2) is 0 Å². The summed E-state index contributed by atoms with van der Waals surface area (Å²) in [5.74, 6) is -0.955. The monoisotopic (exact) mass is 413 g/mol. The van der Waals surface area contributed by atoms with Gasteiger partial charge in [-0.1, -0.05) is 52.3 Å². The van der Waals surface area contributed by atoms with Crippen molar-refractivity contribution in [2.24, 2.45) is 5.10 Å². The Morgan fingerprint density at radius 1 is 1.19 bits per heavy atom. The number of benzene rings is 3. The highest BCUT2D eigenvalue weighted by molar-refractivity contribution is 9.10. The van der Waals surface area contributed by atoms with Crippen LogP contribution in [0.3, 0.4) is 0 Å². The molecule has 3 rings (SSSR count). The molecule has 1 amide bonds. The van der Waals surface area contributed by atoms with Gasteiger partial charge in [0.2, 0.25) is 5.75 Å². The number of carbonyl (C=O) groups excluding carboxylic acids is 1. The number of hydrogen-bond acceptors (Lipinski definition) is 5. The molecule has 130 valence electrons. The van der Waals surface area contributed by atoms with E-state index >= 15 is 0 Å². The number of phenols is 1. The number of nitro benzene ring substituents is 1. The Kier molecular flexibility index (Phi) is 4.94. The smallest absolute Gasteiger partial charge is 0.312 e. The summed E-state index contributed by atoms with van der Waals surface area (Å²) in [6.45, 7) is 0. The molecule has 7 nitrogen and oxygen atoms in total. The van der Waals surface area contributed by atoms with Crippen LogP contribution >= 0.6 is 15.9 Å². The summed E-state index contributed by atoms with van der Waals surface area (Å²) >= 11 is 3.14. The van der Waals surface area contributed by atoms with Gasteiger partial charge in [-0.05, 0) is 22.9 Å². The number of nitrogens with zero attached hydrogens (tertiary/aromatic N) is 2. The SMILES string of the molecule is O=C(NN=Cc1cc(Br)cc([N+](=O)[O-])c1O)c1cccc2ccccc12. The predicted molar refractivity (Wildman–Crippen MR) is 101 cm³/mol. The lowest BCUT2D eigenvalue weighted by atomic mass is 10.0. The van der Waals surface area contributed by atoms with Crippen molar-refractivity contribution in [1.29, 1.82) is 0 Å². The molecule has 0 saturated carbocycles. The van der Waals surface area contributed by atoms with Gasteiger partial charge < -0.3 is 5.11 Å². The van der Waals surface area contributed by atoms with E-state index in [9.17, 15) is 20.0 Å². The number of nitro groups is 1. The van der Waals surface area contributed by atoms with Gasteiger partial charge in [-0.2, -0.15) is 5.10 Å². The normalized spacial score (nSPS) is 11.0. The van der Waals surface area contributed by atoms with Gasteiger partial charge in [0, 0.05) is 21.7 Å². The fourth-order valence-corrected chi connectivity index (χ4v) is 2.95. The molecule has 3 aromatic rings. The van der Waals surface area contributed by atoms with Crippen LogP contribution in [0.4, 0.5) is 5.69 Å². The summed E-state index contributed by atoms with van der Waals surface area (Å²) in [5, 5.41) is 26.4. The Hall–Kier alpha value is -3.26. The molecule has 0 heterocycles. The molecule has 0 bridgehead atoms. The molecule has 0 spiro atoms. The summed E-state index contributed by atoms with van der Waals surface area (Å²) < 4.78 is 0.406. The number of aromatic hydroxyl groups is 1. The summed E-state index contributed by atoms with van der Waals surface area (Å²) in [6.07, 6.45) is 1.15. The maximum atomic E-state index is 12.4. The molecule has 0 aromatic heterocycles. The Bertz CT molecular complexity index is 1040. The fraction of sp³-hybridized carbons (Fsp3) is 0. The average Bonchev–Trinajstić information content (AvgIpc) is 2.63. The summed E-state index contributed by atoms with van der Waals surface area (Å²) in [7, 11) is 0. The molecule has 0 fully saturated rings. The number of halogens is 1. The number of amides is 1. The first-order valence-electron chi connectivity index (χ1n) is 7.45. The van der Waals surface area contributed by atoms with Crippen molar-refractivity contribution >= 4 is 44.5 Å². The second-order valence-electron chi connectivity index (χ2n) is 5.35. The molecule has 0 unspecified atom stereocenters. The summed E-state index contributed by atoms with van der Waals surface area (Å²) in [6, 6.07) is 15.4. The number of phenolic OH excluding ortho intramolecular Hbond substituents is 1. The largest absolute Gasteiger partial charge is 0.502 e. The van der Waals surface area contributed by atoms with Crippen LogP contribution in [0.2, 0.25) is 0 Å². The molecule has 0 aliphatic rings. The number of hydrazone groups is 1. The van der Waals surface area contributed by atoms with Crippen LogP contribution in [0.15, 0.2) is 64.2 Å². The van der Waals surface area contributed by atoms with Crippen LogP contribution in [-0.2, 0) is 0 Å². The number of nitrogens with one attached hydrogen (secondary N) is 1. The zero-order chi connectivity index (χ0) is 18.7. The Morgan fingerprint density at radius 3 is 2.69 bits per heavy atom. The van der Waals surface area contributed by atoms with Crippen LogP contribution in [0.1, 0.15) is 15.9 Å². The van der Waals surface area contributed by atoms with Crippen molar-refractivity contribution in [3.63, 3.8) is 0 Å². The second kappa shape index (κ2) is 7.32. The van der Waals surface area contributed by atoms with Crippen molar-refractivity contribution in [3.05, 3.63) is 80.3 Å². The molecule has 0 aliphatic heterocycles. The van der Waals surface area contributed by atoms with E-state index in [1.54, 1.807) is 12.1 Å². The van der Waals surface area contributed by atoms with E-state index in [2.05, 4.69) is 26.5 Å². The third-order valence-corrected chi connectivity index (χ3v) is 4.14. The quantitative estimate of drug-likeness (QED) is 0.383. The molecule has 3 aromatic carbocycles. The highest BCUT2D eigenvalue weighted by Crippen LogP contribution is 2.32. The summed E-state index contributed by atoms with van der Waals surface area (Å²) in [5.41, 5.74) is 2.46. The van der Waals surface area contributed by atoms with Gasteiger partial charge in [0.05, 0.1) is 11.1 Å². The minimum atomic E-state index is -0.702. The van der Waals surface area contributed by atoms with Crippen molar-refractivity contribution in [2.75, 3.05) is 0 Å². The van der Waals surface area contributed by atoms with E-state index in [1.807, 2.05) is 30.3 Å². The predicted octanol–water partition coefficient (Wildman–Crippen LogP) is 3.98. The first kappa shape index (κ1) is 17.6. The zero-order valence-electron chi connectivity index (χ0n) is 13.2. The minimum Gasteiger partial charge on any atom is -0.502 e. The number of fused-ring (bicyclic) bond motifs is 1. The fourth-order valence-electron chi connectivity index (χ4n) is 2.49.